The Hall–Kier alpha value is -1.34. The standard InChI is InChI=1S/C13H12Cl2N2O3S/c1-20-12-5-3-2-4-9(12)7-17-21(18,19)10-6-11(14)13(15)16-8-10/h2-6,8,17H,7H2,1H3. The maximum Gasteiger partial charge on any atom is 0.242 e. The predicted molar refractivity (Wildman–Crippen MR) is 81.3 cm³/mol. The van der Waals surface area contributed by atoms with Crippen LogP contribution < -0.4 is 9.46 Å². The molecule has 112 valence electrons. The van der Waals surface area contributed by atoms with Gasteiger partial charge in [-0.25, -0.2) is 18.1 Å². The van der Waals surface area contributed by atoms with Crippen molar-refractivity contribution in [2.24, 2.45) is 0 Å². The molecule has 5 nitrogen and oxygen atoms in total. The van der Waals surface area contributed by atoms with Gasteiger partial charge in [-0.3, -0.25) is 0 Å². The van der Waals surface area contributed by atoms with Gasteiger partial charge >= 0.3 is 0 Å². The highest BCUT2D eigenvalue weighted by molar-refractivity contribution is 7.89. The second-order valence-electron chi connectivity index (χ2n) is 4.08. The summed E-state index contributed by atoms with van der Waals surface area (Å²) in [6, 6.07) is 8.38. The monoisotopic (exact) mass is 346 g/mol. The molecule has 1 aromatic carbocycles. The highest BCUT2D eigenvalue weighted by Crippen LogP contribution is 2.23. The van der Waals surface area contributed by atoms with Crippen LogP contribution >= 0.6 is 23.2 Å². The maximum absolute atomic E-state index is 12.2. The molecule has 8 heteroatoms. The van der Waals surface area contributed by atoms with Crippen molar-refractivity contribution in [3.8, 4) is 5.75 Å². The van der Waals surface area contributed by atoms with Crippen molar-refractivity contribution < 1.29 is 13.2 Å². The Morgan fingerprint density at radius 3 is 2.67 bits per heavy atom. The number of halogens is 2. The van der Waals surface area contributed by atoms with E-state index in [0.717, 1.165) is 11.8 Å². The van der Waals surface area contributed by atoms with Crippen molar-refractivity contribution in [1.29, 1.82) is 0 Å². The first-order valence-electron chi connectivity index (χ1n) is 5.86. The average molecular weight is 347 g/mol. The third-order valence-electron chi connectivity index (χ3n) is 2.73. The summed E-state index contributed by atoms with van der Waals surface area (Å²) in [5, 5.41) is 0.136. The fourth-order valence-electron chi connectivity index (χ4n) is 1.66. The van der Waals surface area contributed by atoms with E-state index in [1.807, 2.05) is 0 Å². The van der Waals surface area contributed by atoms with Gasteiger partial charge in [-0.05, 0) is 12.1 Å². The van der Waals surface area contributed by atoms with Gasteiger partial charge in [0.1, 0.15) is 15.8 Å². The number of para-hydroxylation sites is 1. The van der Waals surface area contributed by atoms with Crippen molar-refractivity contribution in [3.63, 3.8) is 0 Å². The minimum absolute atomic E-state index is 0.0493. The molecule has 0 aliphatic rings. The largest absolute Gasteiger partial charge is 0.496 e. The lowest BCUT2D eigenvalue weighted by Gasteiger charge is -2.10. The van der Waals surface area contributed by atoms with Gasteiger partial charge in [0.25, 0.3) is 0 Å². The van der Waals surface area contributed by atoms with Gasteiger partial charge in [-0.15, -0.1) is 0 Å². The zero-order valence-corrected chi connectivity index (χ0v) is 13.3. The summed E-state index contributed by atoms with van der Waals surface area (Å²) in [5.41, 5.74) is 0.719. The Morgan fingerprint density at radius 2 is 2.00 bits per heavy atom. The molecule has 1 N–H and O–H groups in total. The fourth-order valence-corrected chi connectivity index (χ4v) is 2.97. The Bertz CT molecular complexity index is 751. The SMILES string of the molecule is COc1ccccc1CNS(=O)(=O)c1cnc(Cl)c(Cl)c1. The first-order chi connectivity index (χ1) is 9.94. The van der Waals surface area contributed by atoms with Crippen molar-refractivity contribution >= 4 is 33.2 Å². The molecular weight excluding hydrogens is 335 g/mol. The molecule has 1 aromatic heterocycles. The number of methoxy groups -OCH3 is 1. The molecule has 0 radical (unpaired) electrons. The Balaban J connectivity index is 2.20. The molecule has 0 unspecified atom stereocenters. The Labute approximate surface area is 132 Å². The van der Waals surface area contributed by atoms with Gasteiger partial charge in [0, 0.05) is 18.3 Å². The number of hydrogen-bond acceptors (Lipinski definition) is 4. The van der Waals surface area contributed by atoms with Crippen LogP contribution in [-0.4, -0.2) is 20.5 Å². The predicted octanol–water partition coefficient (Wildman–Crippen LogP) is 2.88. The summed E-state index contributed by atoms with van der Waals surface area (Å²) < 4.78 is 32.0. The number of nitrogens with zero attached hydrogens (tertiary/aromatic N) is 1. The van der Waals surface area contributed by atoms with Gasteiger partial charge < -0.3 is 4.74 Å². The van der Waals surface area contributed by atoms with Crippen molar-refractivity contribution in [3.05, 3.63) is 52.3 Å². The molecule has 0 amide bonds. The number of hydrogen-bond donors (Lipinski definition) is 1. The van der Waals surface area contributed by atoms with Crippen LogP contribution in [0.2, 0.25) is 10.2 Å². The van der Waals surface area contributed by atoms with Crippen LogP contribution in [0.4, 0.5) is 0 Å². The van der Waals surface area contributed by atoms with Gasteiger partial charge in [-0.1, -0.05) is 41.4 Å². The molecule has 21 heavy (non-hydrogen) atoms. The van der Waals surface area contributed by atoms with E-state index < -0.39 is 10.0 Å². The van der Waals surface area contributed by atoms with Crippen molar-refractivity contribution in [2.45, 2.75) is 11.4 Å². The van der Waals surface area contributed by atoms with Crippen LogP contribution in [-0.2, 0) is 16.6 Å². The summed E-state index contributed by atoms with van der Waals surface area (Å²) in [6.45, 7) is 0.0899. The van der Waals surface area contributed by atoms with E-state index in [4.69, 9.17) is 27.9 Å². The lowest BCUT2D eigenvalue weighted by Crippen LogP contribution is -2.23. The molecule has 0 saturated heterocycles. The van der Waals surface area contributed by atoms with E-state index in [1.165, 1.54) is 13.2 Å². The summed E-state index contributed by atoms with van der Waals surface area (Å²) in [6.07, 6.45) is 1.15. The smallest absolute Gasteiger partial charge is 0.242 e. The van der Waals surface area contributed by atoms with Crippen LogP contribution in [0.3, 0.4) is 0 Å². The zero-order chi connectivity index (χ0) is 15.5. The normalized spacial score (nSPS) is 11.4. The first-order valence-corrected chi connectivity index (χ1v) is 8.10. The Morgan fingerprint density at radius 1 is 1.29 bits per heavy atom. The summed E-state index contributed by atoms with van der Waals surface area (Å²) >= 11 is 11.4. The van der Waals surface area contributed by atoms with Crippen LogP contribution in [0.25, 0.3) is 0 Å². The van der Waals surface area contributed by atoms with Crippen LogP contribution in [0.15, 0.2) is 41.4 Å². The summed E-state index contributed by atoms with van der Waals surface area (Å²) in [7, 11) is -2.21. The van der Waals surface area contributed by atoms with Crippen LogP contribution in [0, 0.1) is 0 Å². The van der Waals surface area contributed by atoms with E-state index >= 15 is 0 Å². The van der Waals surface area contributed by atoms with Crippen LogP contribution in [0.5, 0.6) is 5.75 Å². The van der Waals surface area contributed by atoms with Gasteiger partial charge in [-0.2, -0.15) is 0 Å². The number of rotatable bonds is 5. The third kappa shape index (κ3) is 3.85. The highest BCUT2D eigenvalue weighted by Gasteiger charge is 2.16. The number of benzene rings is 1. The minimum Gasteiger partial charge on any atom is -0.496 e. The second kappa shape index (κ2) is 6.62. The molecule has 0 spiro atoms. The lowest BCUT2D eigenvalue weighted by molar-refractivity contribution is 0.409. The van der Waals surface area contributed by atoms with Gasteiger partial charge in [0.05, 0.1) is 12.1 Å². The molecule has 0 aliphatic heterocycles. The molecule has 0 atom stereocenters. The molecule has 2 aromatic rings. The molecular formula is C13H12Cl2N2O3S. The number of pyridine rings is 1. The quantitative estimate of drug-likeness (QED) is 0.845. The molecule has 0 bridgehead atoms. The van der Waals surface area contributed by atoms with E-state index in [-0.39, 0.29) is 21.6 Å². The van der Waals surface area contributed by atoms with Crippen molar-refractivity contribution in [2.75, 3.05) is 7.11 Å². The fraction of sp³-hybridized carbons (Fsp3) is 0.154. The number of sulfonamides is 1. The number of ether oxygens (including phenoxy) is 1. The summed E-state index contributed by atoms with van der Waals surface area (Å²) in [5.74, 6) is 0.604. The highest BCUT2D eigenvalue weighted by atomic mass is 35.5. The zero-order valence-electron chi connectivity index (χ0n) is 11.0. The van der Waals surface area contributed by atoms with E-state index in [2.05, 4.69) is 9.71 Å². The molecule has 2 rings (SSSR count). The maximum atomic E-state index is 12.2. The second-order valence-corrected chi connectivity index (χ2v) is 6.61. The average Bonchev–Trinajstić information content (AvgIpc) is 2.48. The van der Waals surface area contributed by atoms with E-state index in [9.17, 15) is 8.42 Å². The van der Waals surface area contributed by atoms with Crippen molar-refractivity contribution in [1.82, 2.24) is 9.71 Å². The first kappa shape index (κ1) is 16.0. The van der Waals surface area contributed by atoms with Crippen LogP contribution in [0.1, 0.15) is 5.56 Å². The van der Waals surface area contributed by atoms with Gasteiger partial charge in [0.15, 0.2) is 0 Å². The van der Waals surface area contributed by atoms with E-state index in [1.54, 1.807) is 24.3 Å². The molecule has 1 heterocycles. The van der Waals surface area contributed by atoms with E-state index in [0.29, 0.717) is 5.75 Å². The molecule has 0 saturated carbocycles. The lowest BCUT2D eigenvalue weighted by atomic mass is 10.2. The third-order valence-corrected chi connectivity index (χ3v) is 4.78. The number of nitrogens with one attached hydrogen (secondary N) is 1. The Kier molecular flexibility index (Phi) is 5.05. The summed E-state index contributed by atoms with van der Waals surface area (Å²) in [4.78, 5) is 3.67. The minimum atomic E-state index is -3.73. The topological polar surface area (TPSA) is 68.3 Å². The molecule has 0 fully saturated rings. The van der Waals surface area contributed by atoms with Gasteiger partial charge in [0.2, 0.25) is 10.0 Å². The molecule has 0 aliphatic carbocycles. The number of aromatic nitrogens is 1.